The molecule has 0 heterocycles. The fourth-order valence-corrected chi connectivity index (χ4v) is 0.962. The molecular formula is C8H19NOS. The van der Waals surface area contributed by atoms with E-state index in [1.54, 1.807) is 0 Å². The number of hydrogen-bond donors (Lipinski definition) is 1. The van der Waals surface area contributed by atoms with Crippen LogP contribution < -0.4 is 5.32 Å². The fourth-order valence-electron chi connectivity index (χ4n) is 0.677. The molecule has 0 saturated carbocycles. The SMILES string of the molecule is CCOCCNCC(C)SC. The molecule has 1 atom stereocenters. The Morgan fingerprint density at radius 3 is 2.82 bits per heavy atom. The predicted octanol–water partition coefficient (Wildman–Crippen LogP) is 1.36. The first-order valence-corrected chi connectivity index (χ1v) is 5.41. The topological polar surface area (TPSA) is 21.3 Å². The quantitative estimate of drug-likeness (QED) is 0.593. The minimum Gasteiger partial charge on any atom is -0.380 e. The molecule has 0 aromatic carbocycles. The number of thioether (sulfide) groups is 1. The lowest BCUT2D eigenvalue weighted by Crippen LogP contribution is -2.26. The second kappa shape index (κ2) is 8.37. The van der Waals surface area contributed by atoms with Gasteiger partial charge in [-0.05, 0) is 13.2 Å². The van der Waals surface area contributed by atoms with Crippen LogP contribution in [0, 0.1) is 0 Å². The van der Waals surface area contributed by atoms with E-state index < -0.39 is 0 Å². The molecule has 0 rings (SSSR count). The molecule has 0 aliphatic rings. The Kier molecular flexibility index (Phi) is 8.57. The zero-order valence-corrected chi connectivity index (χ0v) is 8.54. The average molecular weight is 177 g/mol. The molecule has 0 fully saturated rings. The number of nitrogens with one attached hydrogen (secondary N) is 1. The molecule has 0 aromatic heterocycles. The van der Waals surface area contributed by atoms with Crippen molar-refractivity contribution >= 4 is 11.8 Å². The van der Waals surface area contributed by atoms with Crippen molar-refractivity contribution in [3.8, 4) is 0 Å². The van der Waals surface area contributed by atoms with E-state index >= 15 is 0 Å². The van der Waals surface area contributed by atoms with E-state index in [0.717, 1.165) is 26.3 Å². The van der Waals surface area contributed by atoms with Crippen molar-refractivity contribution in [1.29, 1.82) is 0 Å². The van der Waals surface area contributed by atoms with E-state index in [4.69, 9.17) is 4.74 Å². The van der Waals surface area contributed by atoms with Crippen molar-refractivity contribution in [2.24, 2.45) is 0 Å². The lowest BCUT2D eigenvalue weighted by Gasteiger charge is -2.09. The monoisotopic (exact) mass is 177 g/mol. The summed E-state index contributed by atoms with van der Waals surface area (Å²) in [7, 11) is 0. The van der Waals surface area contributed by atoms with Crippen molar-refractivity contribution in [3.05, 3.63) is 0 Å². The lowest BCUT2D eigenvalue weighted by molar-refractivity contribution is 0.149. The summed E-state index contributed by atoms with van der Waals surface area (Å²) in [5.74, 6) is 0. The van der Waals surface area contributed by atoms with Crippen molar-refractivity contribution in [2.45, 2.75) is 19.1 Å². The maximum absolute atomic E-state index is 5.18. The molecule has 0 aromatic rings. The van der Waals surface area contributed by atoms with Gasteiger partial charge in [0.2, 0.25) is 0 Å². The van der Waals surface area contributed by atoms with Gasteiger partial charge in [0, 0.05) is 24.9 Å². The third kappa shape index (κ3) is 8.17. The molecule has 3 heteroatoms. The summed E-state index contributed by atoms with van der Waals surface area (Å²) < 4.78 is 5.18. The molecule has 0 spiro atoms. The Bertz CT molecular complexity index is 80.5. The van der Waals surface area contributed by atoms with Gasteiger partial charge in [-0.25, -0.2) is 0 Å². The van der Waals surface area contributed by atoms with Crippen LogP contribution in [0.1, 0.15) is 13.8 Å². The third-order valence-electron chi connectivity index (χ3n) is 1.46. The van der Waals surface area contributed by atoms with Crippen LogP contribution in [0.2, 0.25) is 0 Å². The Hall–Kier alpha value is 0.270. The summed E-state index contributed by atoms with van der Waals surface area (Å²) in [4.78, 5) is 0. The van der Waals surface area contributed by atoms with Gasteiger partial charge in [0.15, 0.2) is 0 Å². The zero-order valence-electron chi connectivity index (χ0n) is 7.72. The van der Waals surface area contributed by atoms with E-state index in [2.05, 4.69) is 18.5 Å². The second-order valence-electron chi connectivity index (χ2n) is 2.45. The van der Waals surface area contributed by atoms with Gasteiger partial charge < -0.3 is 10.1 Å². The summed E-state index contributed by atoms with van der Waals surface area (Å²) in [5, 5.41) is 4.03. The van der Waals surface area contributed by atoms with Gasteiger partial charge in [0.05, 0.1) is 6.61 Å². The third-order valence-corrected chi connectivity index (χ3v) is 2.43. The summed E-state index contributed by atoms with van der Waals surface area (Å²) in [6.07, 6.45) is 2.13. The molecule has 0 saturated heterocycles. The molecule has 0 bridgehead atoms. The molecule has 0 amide bonds. The van der Waals surface area contributed by atoms with Crippen LogP contribution in [-0.4, -0.2) is 37.8 Å². The second-order valence-corrected chi connectivity index (χ2v) is 3.72. The molecule has 11 heavy (non-hydrogen) atoms. The smallest absolute Gasteiger partial charge is 0.0590 e. The Balaban J connectivity index is 2.89. The highest BCUT2D eigenvalue weighted by Gasteiger charge is 1.96. The maximum atomic E-state index is 5.18. The maximum Gasteiger partial charge on any atom is 0.0590 e. The van der Waals surface area contributed by atoms with Crippen molar-refractivity contribution in [2.75, 3.05) is 32.6 Å². The average Bonchev–Trinajstić information content (AvgIpc) is 2.04. The van der Waals surface area contributed by atoms with E-state index in [9.17, 15) is 0 Å². The first kappa shape index (κ1) is 11.3. The van der Waals surface area contributed by atoms with E-state index in [-0.39, 0.29) is 0 Å². The van der Waals surface area contributed by atoms with E-state index in [0.29, 0.717) is 5.25 Å². The number of rotatable bonds is 7. The largest absolute Gasteiger partial charge is 0.380 e. The van der Waals surface area contributed by atoms with Gasteiger partial charge in [-0.15, -0.1) is 0 Å². The number of ether oxygens (including phenoxy) is 1. The molecule has 0 radical (unpaired) electrons. The van der Waals surface area contributed by atoms with Crippen LogP contribution in [-0.2, 0) is 4.74 Å². The van der Waals surface area contributed by atoms with Crippen molar-refractivity contribution in [3.63, 3.8) is 0 Å². The highest BCUT2D eigenvalue weighted by Crippen LogP contribution is 2.01. The molecule has 0 aliphatic carbocycles. The molecule has 0 aliphatic heterocycles. The van der Waals surface area contributed by atoms with Gasteiger partial charge >= 0.3 is 0 Å². The predicted molar refractivity (Wildman–Crippen MR) is 52.3 cm³/mol. The van der Waals surface area contributed by atoms with Crippen LogP contribution in [0.4, 0.5) is 0 Å². The van der Waals surface area contributed by atoms with Gasteiger partial charge in [0.1, 0.15) is 0 Å². The Morgan fingerprint density at radius 1 is 1.55 bits per heavy atom. The van der Waals surface area contributed by atoms with Crippen LogP contribution in [0.5, 0.6) is 0 Å². The summed E-state index contributed by atoms with van der Waals surface area (Å²) >= 11 is 1.89. The van der Waals surface area contributed by atoms with E-state index in [1.807, 2.05) is 18.7 Å². The summed E-state index contributed by atoms with van der Waals surface area (Å²) in [6, 6.07) is 0. The van der Waals surface area contributed by atoms with Gasteiger partial charge in [-0.1, -0.05) is 6.92 Å². The van der Waals surface area contributed by atoms with E-state index in [1.165, 1.54) is 0 Å². The summed E-state index contributed by atoms with van der Waals surface area (Å²) in [5.41, 5.74) is 0. The van der Waals surface area contributed by atoms with Gasteiger partial charge in [-0.3, -0.25) is 0 Å². The molecule has 2 nitrogen and oxygen atoms in total. The summed E-state index contributed by atoms with van der Waals surface area (Å²) in [6.45, 7) is 7.94. The number of hydrogen-bond acceptors (Lipinski definition) is 3. The Morgan fingerprint density at radius 2 is 2.27 bits per heavy atom. The van der Waals surface area contributed by atoms with Crippen LogP contribution in [0.25, 0.3) is 0 Å². The molecule has 1 unspecified atom stereocenters. The normalized spacial score (nSPS) is 13.4. The van der Waals surface area contributed by atoms with Crippen LogP contribution in [0.15, 0.2) is 0 Å². The van der Waals surface area contributed by atoms with Crippen LogP contribution >= 0.6 is 11.8 Å². The molecular weight excluding hydrogens is 158 g/mol. The van der Waals surface area contributed by atoms with Gasteiger partial charge in [0.25, 0.3) is 0 Å². The Labute approximate surface area is 74.1 Å². The fraction of sp³-hybridized carbons (Fsp3) is 1.00. The first-order valence-electron chi connectivity index (χ1n) is 4.12. The minimum absolute atomic E-state index is 0.705. The molecule has 1 N–H and O–H groups in total. The standard InChI is InChI=1S/C8H19NOS/c1-4-10-6-5-9-7-8(2)11-3/h8-9H,4-7H2,1-3H3. The van der Waals surface area contributed by atoms with Gasteiger partial charge in [-0.2, -0.15) is 11.8 Å². The van der Waals surface area contributed by atoms with Crippen LogP contribution in [0.3, 0.4) is 0 Å². The lowest BCUT2D eigenvalue weighted by atomic mass is 10.4. The highest BCUT2D eigenvalue weighted by atomic mass is 32.2. The first-order chi connectivity index (χ1) is 5.31. The zero-order chi connectivity index (χ0) is 8.53. The van der Waals surface area contributed by atoms with Crippen molar-refractivity contribution < 1.29 is 4.74 Å². The minimum atomic E-state index is 0.705. The van der Waals surface area contributed by atoms with Crippen molar-refractivity contribution in [1.82, 2.24) is 5.32 Å². The molecule has 68 valence electrons. The highest BCUT2D eigenvalue weighted by molar-refractivity contribution is 7.99.